The maximum atomic E-state index is 13.1. The van der Waals surface area contributed by atoms with Crippen LogP contribution in [0.25, 0.3) is 0 Å². The highest BCUT2D eigenvalue weighted by Gasteiger charge is 2.37. The van der Waals surface area contributed by atoms with Crippen LogP contribution in [0.3, 0.4) is 0 Å². The van der Waals surface area contributed by atoms with E-state index in [0.29, 0.717) is 10.8 Å². The topological polar surface area (TPSA) is 98.2 Å². The van der Waals surface area contributed by atoms with Gasteiger partial charge in [-0.15, -0.1) is 0 Å². The molecule has 8 heteroatoms. The molecule has 1 N–H and O–H groups in total. The van der Waals surface area contributed by atoms with Gasteiger partial charge in [0.15, 0.2) is 5.78 Å². The summed E-state index contributed by atoms with van der Waals surface area (Å²) >= 11 is 0. The summed E-state index contributed by atoms with van der Waals surface area (Å²) in [6, 6.07) is 0. The molecule has 0 aliphatic rings. The van der Waals surface area contributed by atoms with E-state index in [0.717, 1.165) is 0 Å². The molecular formula is C12H15FN2O5. The van der Waals surface area contributed by atoms with Crippen LogP contribution in [0.1, 0.15) is 20.8 Å². The molecule has 0 aromatic carbocycles. The van der Waals surface area contributed by atoms with Crippen LogP contribution >= 0.6 is 0 Å². The number of Topliss-reactive ketones (excluding diaryl/α,β-unsaturated/α-hetero) is 1. The summed E-state index contributed by atoms with van der Waals surface area (Å²) in [5.74, 6) is -2.56. The van der Waals surface area contributed by atoms with Gasteiger partial charge in [-0.25, -0.2) is 4.79 Å². The van der Waals surface area contributed by atoms with Gasteiger partial charge in [-0.05, 0) is 20.8 Å². The Hall–Kier alpha value is -2.25. The lowest BCUT2D eigenvalue weighted by Gasteiger charge is -2.20. The zero-order chi connectivity index (χ0) is 15.5. The van der Waals surface area contributed by atoms with Crippen molar-refractivity contribution in [3.8, 4) is 0 Å². The van der Waals surface area contributed by atoms with E-state index in [2.05, 4.69) is 0 Å². The normalized spacial score (nSPS) is 11.2. The number of carbonyl (C=O) groups excluding carboxylic acids is 2. The maximum Gasteiger partial charge on any atom is 0.328 e. The van der Waals surface area contributed by atoms with Crippen molar-refractivity contribution in [1.82, 2.24) is 9.55 Å². The second kappa shape index (κ2) is 5.81. The van der Waals surface area contributed by atoms with Crippen LogP contribution < -0.4 is 11.2 Å². The first-order valence-corrected chi connectivity index (χ1v) is 5.90. The van der Waals surface area contributed by atoms with Crippen molar-refractivity contribution >= 4 is 11.8 Å². The lowest BCUT2D eigenvalue weighted by Crippen LogP contribution is -2.40. The molecule has 0 atom stereocenters. The largest absolute Gasteiger partial charge is 0.465 e. The third-order valence-electron chi connectivity index (χ3n) is 2.76. The van der Waals surface area contributed by atoms with Crippen molar-refractivity contribution in [2.45, 2.75) is 27.3 Å². The number of nitrogens with zero attached hydrogens (tertiary/aromatic N) is 1. The van der Waals surface area contributed by atoms with E-state index in [1.807, 2.05) is 0 Å². The molecule has 1 rings (SSSR count). The van der Waals surface area contributed by atoms with Gasteiger partial charge in [0.1, 0.15) is 5.41 Å². The zero-order valence-electron chi connectivity index (χ0n) is 11.4. The highest BCUT2D eigenvalue weighted by Crippen LogP contribution is 2.19. The molecule has 20 heavy (non-hydrogen) atoms. The molecule has 1 aromatic rings. The van der Waals surface area contributed by atoms with Gasteiger partial charge in [-0.1, -0.05) is 0 Å². The van der Waals surface area contributed by atoms with Gasteiger partial charge in [0.05, 0.1) is 19.3 Å². The number of aromatic nitrogens is 2. The molecule has 0 unspecified atom stereocenters. The van der Waals surface area contributed by atoms with Crippen molar-refractivity contribution in [3.05, 3.63) is 32.9 Å². The minimum Gasteiger partial charge on any atom is -0.465 e. The molecule has 0 spiro atoms. The number of ketones is 1. The summed E-state index contributed by atoms with van der Waals surface area (Å²) in [5, 5.41) is 0. The number of ether oxygens (including phenoxy) is 1. The minimum absolute atomic E-state index is 0.114. The molecule has 110 valence electrons. The van der Waals surface area contributed by atoms with E-state index in [-0.39, 0.29) is 6.61 Å². The monoisotopic (exact) mass is 286 g/mol. The molecule has 1 heterocycles. The lowest BCUT2D eigenvalue weighted by molar-refractivity contribution is -0.158. The Morgan fingerprint density at radius 2 is 2.00 bits per heavy atom. The Bertz CT molecular complexity index is 644. The van der Waals surface area contributed by atoms with Crippen molar-refractivity contribution in [2.75, 3.05) is 6.61 Å². The van der Waals surface area contributed by atoms with Gasteiger partial charge < -0.3 is 4.74 Å². The molecule has 1 aromatic heterocycles. The second-order valence-corrected chi connectivity index (χ2v) is 4.63. The minimum atomic E-state index is -1.47. The number of carbonyl (C=O) groups is 2. The predicted octanol–water partition coefficient (Wildman–Crippen LogP) is -0.166. The van der Waals surface area contributed by atoms with Crippen LogP contribution in [0.5, 0.6) is 0 Å². The summed E-state index contributed by atoms with van der Waals surface area (Å²) in [4.78, 5) is 47.7. The average molecular weight is 286 g/mol. The average Bonchev–Trinajstić information content (AvgIpc) is 2.36. The molecule has 0 amide bonds. The Morgan fingerprint density at radius 1 is 1.40 bits per heavy atom. The first-order valence-electron chi connectivity index (χ1n) is 5.90. The third-order valence-corrected chi connectivity index (χ3v) is 2.76. The molecule has 0 fully saturated rings. The second-order valence-electron chi connectivity index (χ2n) is 4.63. The fourth-order valence-electron chi connectivity index (χ4n) is 1.38. The van der Waals surface area contributed by atoms with E-state index in [4.69, 9.17) is 4.74 Å². The third kappa shape index (κ3) is 3.19. The number of esters is 1. The van der Waals surface area contributed by atoms with Crippen molar-refractivity contribution in [3.63, 3.8) is 0 Å². The molecule has 0 bridgehead atoms. The number of hydrogen-bond donors (Lipinski definition) is 1. The summed E-state index contributed by atoms with van der Waals surface area (Å²) in [6.45, 7) is 3.86. The van der Waals surface area contributed by atoms with E-state index in [9.17, 15) is 23.6 Å². The van der Waals surface area contributed by atoms with Gasteiger partial charge in [0.2, 0.25) is 5.82 Å². The number of H-pyrrole nitrogens is 1. The summed E-state index contributed by atoms with van der Waals surface area (Å²) in [7, 11) is 0. The summed E-state index contributed by atoms with van der Waals surface area (Å²) < 4.78 is 18.5. The van der Waals surface area contributed by atoms with Crippen LogP contribution in [0, 0.1) is 11.2 Å². The zero-order valence-corrected chi connectivity index (χ0v) is 11.4. The quantitative estimate of drug-likeness (QED) is 0.599. The Labute approximate surface area is 113 Å². The Kier molecular flexibility index (Phi) is 4.59. The SMILES string of the molecule is CCOC(=O)C(C)(C)C(=O)Cn1cc(F)c(=O)[nH]c1=O. The van der Waals surface area contributed by atoms with E-state index in [1.54, 1.807) is 11.9 Å². The Morgan fingerprint density at radius 3 is 2.55 bits per heavy atom. The highest BCUT2D eigenvalue weighted by molar-refractivity contribution is 6.02. The van der Waals surface area contributed by atoms with E-state index in [1.165, 1.54) is 13.8 Å². The number of halogens is 1. The number of nitrogens with one attached hydrogen (secondary N) is 1. The number of hydrogen-bond acceptors (Lipinski definition) is 5. The van der Waals surface area contributed by atoms with Gasteiger partial charge in [0.25, 0.3) is 5.56 Å². The predicted molar refractivity (Wildman–Crippen MR) is 66.7 cm³/mol. The van der Waals surface area contributed by atoms with Crippen molar-refractivity contribution in [1.29, 1.82) is 0 Å². The van der Waals surface area contributed by atoms with Crippen LogP contribution in [-0.4, -0.2) is 27.9 Å². The summed E-state index contributed by atoms with van der Waals surface area (Å²) in [5.41, 5.74) is -3.56. The van der Waals surface area contributed by atoms with Gasteiger partial charge in [0, 0.05) is 0 Å². The van der Waals surface area contributed by atoms with Crippen LogP contribution in [-0.2, 0) is 20.9 Å². The highest BCUT2D eigenvalue weighted by atomic mass is 19.1. The molecular weight excluding hydrogens is 271 g/mol. The van der Waals surface area contributed by atoms with E-state index < -0.39 is 40.8 Å². The molecule has 0 aliphatic carbocycles. The van der Waals surface area contributed by atoms with Gasteiger partial charge in [-0.3, -0.25) is 23.9 Å². The molecule has 0 saturated heterocycles. The molecule has 0 saturated carbocycles. The Balaban J connectivity index is 3.02. The first-order chi connectivity index (χ1) is 9.20. The number of aromatic amines is 1. The standard InChI is InChI=1S/C12H15FN2O5/c1-4-20-10(18)12(2,3)8(16)6-15-5-7(13)9(17)14-11(15)19/h5H,4,6H2,1-3H3,(H,14,17,19). The fourth-order valence-corrected chi connectivity index (χ4v) is 1.38. The molecule has 0 radical (unpaired) electrons. The lowest BCUT2D eigenvalue weighted by atomic mass is 9.88. The molecule has 7 nitrogen and oxygen atoms in total. The maximum absolute atomic E-state index is 13.1. The number of rotatable bonds is 5. The van der Waals surface area contributed by atoms with Gasteiger partial charge >= 0.3 is 11.7 Å². The van der Waals surface area contributed by atoms with Crippen molar-refractivity contribution < 1.29 is 18.7 Å². The van der Waals surface area contributed by atoms with Crippen LogP contribution in [0.15, 0.2) is 15.8 Å². The van der Waals surface area contributed by atoms with Gasteiger partial charge in [-0.2, -0.15) is 4.39 Å². The summed E-state index contributed by atoms with van der Waals surface area (Å²) in [6.07, 6.45) is 0.625. The van der Waals surface area contributed by atoms with Crippen molar-refractivity contribution in [2.24, 2.45) is 5.41 Å². The van der Waals surface area contributed by atoms with Crippen LogP contribution in [0.2, 0.25) is 0 Å². The molecule has 0 aliphatic heterocycles. The smallest absolute Gasteiger partial charge is 0.328 e. The van der Waals surface area contributed by atoms with Crippen LogP contribution in [0.4, 0.5) is 4.39 Å². The van der Waals surface area contributed by atoms with E-state index >= 15 is 0 Å². The first kappa shape index (κ1) is 15.8. The fraction of sp³-hybridized carbons (Fsp3) is 0.500.